The van der Waals surface area contributed by atoms with Crippen LogP contribution in [-0.4, -0.2) is 38.1 Å². The first-order valence-electron chi connectivity index (χ1n) is 14.3. The van der Waals surface area contributed by atoms with E-state index in [-0.39, 0.29) is 11.5 Å². The van der Waals surface area contributed by atoms with Crippen LogP contribution < -0.4 is 14.5 Å². The number of fused-ring (bicyclic) bond motifs is 7. The number of carbonyl (C=O) groups is 1. The molecule has 3 unspecified atom stereocenters. The number of aldehydes is 1. The normalized spacial score (nSPS) is 27.2. The number of carbonyl (C=O) groups excluding carboxylic acids is 1. The van der Waals surface area contributed by atoms with Crippen LogP contribution in [0.5, 0.6) is 5.75 Å². The number of ether oxygens (including phenoxy) is 1. The zero-order valence-electron chi connectivity index (χ0n) is 21.6. The van der Waals surface area contributed by atoms with Crippen LogP contribution in [-0.2, 0) is 23.1 Å². The Morgan fingerprint density at radius 3 is 2.83 bits per heavy atom. The summed E-state index contributed by atoms with van der Waals surface area (Å²) in [5.41, 5.74) is 10.3. The molecule has 7 rings (SSSR count). The molecule has 0 aliphatic carbocycles. The number of para-hydroxylation sites is 1. The quantitative estimate of drug-likeness (QED) is 0.361. The van der Waals surface area contributed by atoms with E-state index in [0.717, 1.165) is 51.4 Å². The number of anilines is 2. The number of nitrogens with zero attached hydrogens (tertiary/aromatic N) is 2. The third-order valence-electron chi connectivity index (χ3n) is 9.67. The molecule has 0 aromatic heterocycles. The fourth-order valence-electron chi connectivity index (χ4n) is 8.13. The molecule has 5 heterocycles. The van der Waals surface area contributed by atoms with Crippen molar-refractivity contribution in [2.75, 3.05) is 29.4 Å². The maximum atomic E-state index is 10.8. The first-order valence-corrected chi connectivity index (χ1v) is 14.3. The molecule has 1 fully saturated rings. The Morgan fingerprint density at radius 2 is 1.94 bits per heavy atom. The third kappa shape index (κ3) is 3.29. The van der Waals surface area contributed by atoms with Gasteiger partial charge in [-0.1, -0.05) is 38.0 Å². The highest BCUT2D eigenvalue weighted by Crippen LogP contribution is 2.55. The first kappa shape index (κ1) is 22.4. The zero-order chi connectivity index (χ0) is 24.3. The topological polar surface area (TPSA) is 32.8 Å². The lowest BCUT2D eigenvalue weighted by Gasteiger charge is -2.47. The fourth-order valence-corrected chi connectivity index (χ4v) is 8.13. The summed E-state index contributed by atoms with van der Waals surface area (Å²) in [5, 5.41) is 0. The van der Waals surface area contributed by atoms with Crippen molar-refractivity contribution in [1.29, 1.82) is 0 Å². The van der Waals surface area contributed by atoms with Crippen molar-refractivity contribution in [3.63, 3.8) is 0 Å². The number of hydrogen-bond donors (Lipinski definition) is 0. The van der Waals surface area contributed by atoms with Crippen LogP contribution in [0.4, 0.5) is 11.4 Å². The number of hydrogen-bond acceptors (Lipinski definition) is 4. The molecular weight excluding hydrogens is 444 g/mol. The predicted molar refractivity (Wildman–Crippen MR) is 146 cm³/mol. The van der Waals surface area contributed by atoms with E-state index in [1.807, 2.05) is 0 Å². The number of benzene rings is 2. The summed E-state index contributed by atoms with van der Waals surface area (Å²) in [6.07, 6.45) is 14.8. The summed E-state index contributed by atoms with van der Waals surface area (Å²) in [6, 6.07) is 11.9. The molecule has 5 aliphatic heterocycles. The highest BCUT2D eigenvalue weighted by Gasteiger charge is 2.53. The van der Waals surface area contributed by atoms with E-state index >= 15 is 0 Å². The number of rotatable bonds is 6. The molecule has 1 saturated heterocycles. The predicted octanol–water partition coefficient (Wildman–Crippen LogP) is 6.23. The van der Waals surface area contributed by atoms with Crippen LogP contribution in [0.15, 0.2) is 35.9 Å². The first-order chi connectivity index (χ1) is 17.7. The van der Waals surface area contributed by atoms with E-state index in [9.17, 15) is 4.79 Å². The SMILES string of the molecule is CC1(CCCCCC=O)c2ccccc2N2CCC3Oc4c(cc5c6c4CCCN6CCC5)C=C3C21. The molecule has 188 valence electrons. The van der Waals surface area contributed by atoms with Gasteiger partial charge in [-0.05, 0) is 73.4 Å². The van der Waals surface area contributed by atoms with Crippen molar-refractivity contribution in [3.05, 3.63) is 58.2 Å². The van der Waals surface area contributed by atoms with Gasteiger partial charge in [-0.3, -0.25) is 0 Å². The standard InChI is InChI=1S/C32H38N2O2/c1-32(15-6-2-3-7-19-35)26-12-4-5-13-27(26)34-18-14-28-25(31(32)34)21-23-20-22-10-8-16-33-17-9-11-24(29(22)33)30(23)36-28/h4-5,12-13,19-21,28,31H,2-3,6-11,14-18H2,1H3. The van der Waals surface area contributed by atoms with Gasteiger partial charge in [0.2, 0.25) is 0 Å². The summed E-state index contributed by atoms with van der Waals surface area (Å²) < 4.78 is 7.00. The van der Waals surface area contributed by atoms with Gasteiger partial charge in [0.05, 0.1) is 6.04 Å². The van der Waals surface area contributed by atoms with Crippen molar-refractivity contribution in [2.24, 2.45) is 0 Å². The Kier molecular flexibility index (Phi) is 5.41. The average molecular weight is 483 g/mol. The summed E-state index contributed by atoms with van der Waals surface area (Å²) >= 11 is 0. The Bertz CT molecular complexity index is 1230. The molecular formula is C32H38N2O2. The molecule has 0 bridgehead atoms. The molecule has 0 amide bonds. The molecule has 2 aromatic rings. The molecule has 0 radical (unpaired) electrons. The second-order valence-corrected chi connectivity index (χ2v) is 11.8. The second kappa shape index (κ2) is 8.68. The molecule has 2 aromatic carbocycles. The highest BCUT2D eigenvalue weighted by atomic mass is 16.5. The van der Waals surface area contributed by atoms with Crippen LogP contribution in [0.3, 0.4) is 0 Å². The van der Waals surface area contributed by atoms with Gasteiger partial charge in [-0.25, -0.2) is 0 Å². The van der Waals surface area contributed by atoms with E-state index < -0.39 is 0 Å². The summed E-state index contributed by atoms with van der Waals surface area (Å²) in [6.45, 7) is 5.93. The maximum absolute atomic E-state index is 10.8. The van der Waals surface area contributed by atoms with Gasteiger partial charge < -0.3 is 19.3 Å². The number of unbranched alkanes of at least 4 members (excludes halogenated alkanes) is 3. The summed E-state index contributed by atoms with van der Waals surface area (Å²) in [7, 11) is 0. The van der Waals surface area contributed by atoms with Gasteiger partial charge in [0.1, 0.15) is 18.1 Å². The van der Waals surface area contributed by atoms with Crippen molar-refractivity contribution in [2.45, 2.75) is 88.7 Å². The fraction of sp³-hybridized carbons (Fsp3) is 0.531. The van der Waals surface area contributed by atoms with E-state index in [2.05, 4.69) is 53.1 Å². The van der Waals surface area contributed by atoms with Crippen molar-refractivity contribution >= 4 is 23.7 Å². The Balaban J connectivity index is 1.30. The summed E-state index contributed by atoms with van der Waals surface area (Å²) in [4.78, 5) is 16.1. The van der Waals surface area contributed by atoms with Crippen molar-refractivity contribution < 1.29 is 9.53 Å². The van der Waals surface area contributed by atoms with E-state index in [0.29, 0.717) is 12.5 Å². The molecule has 4 nitrogen and oxygen atoms in total. The minimum absolute atomic E-state index is 0.0579. The lowest BCUT2D eigenvalue weighted by molar-refractivity contribution is -0.107. The lowest BCUT2D eigenvalue weighted by atomic mass is 9.69. The zero-order valence-corrected chi connectivity index (χ0v) is 21.6. The van der Waals surface area contributed by atoms with Crippen LogP contribution in [0.2, 0.25) is 0 Å². The average Bonchev–Trinajstić information content (AvgIpc) is 3.17. The largest absolute Gasteiger partial charge is 0.485 e. The van der Waals surface area contributed by atoms with Gasteiger partial charge in [-0.15, -0.1) is 0 Å². The Hall–Kier alpha value is -2.75. The smallest absolute Gasteiger partial charge is 0.132 e. The molecule has 3 atom stereocenters. The van der Waals surface area contributed by atoms with Gasteiger partial charge in [0.15, 0.2) is 0 Å². The minimum atomic E-state index is 0.0579. The third-order valence-corrected chi connectivity index (χ3v) is 9.67. The van der Waals surface area contributed by atoms with E-state index in [1.165, 1.54) is 77.3 Å². The molecule has 0 spiro atoms. The second-order valence-electron chi connectivity index (χ2n) is 11.8. The number of piperidine rings is 1. The summed E-state index contributed by atoms with van der Waals surface area (Å²) in [5.74, 6) is 1.19. The van der Waals surface area contributed by atoms with Crippen LogP contribution >= 0.6 is 0 Å². The van der Waals surface area contributed by atoms with Crippen LogP contribution in [0.1, 0.15) is 80.5 Å². The molecule has 36 heavy (non-hydrogen) atoms. The molecule has 5 aliphatic rings. The number of aryl methyl sites for hydroxylation is 1. The van der Waals surface area contributed by atoms with Crippen LogP contribution in [0, 0.1) is 0 Å². The van der Waals surface area contributed by atoms with Gasteiger partial charge >= 0.3 is 0 Å². The molecule has 0 N–H and O–H groups in total. The van der Waals surface area contributed by atoms with Gasteiger partial charge in [0, 0.05) is 60.4 Å². The van der Waals surface area contributed by atoms with E-state index in [1.54, 1.807) is 0 Å². The van der Waals surface area contributed by atoms with E-state index in [4.69, 9.17) is 4.74 Å². The Labute approximate surface area is 215 Å². The monoisotopic (exact) mass is 482 g/mol. The minimum Gasteiger partial charge on any atom is -0.485 e. The Morgan fingerprint density at radius 1 is 1.08 bits per heavy atom. The lowest BCUT2D eigenvalue weighted by Crippen LogP contribution is -2.53. The molecule has 4 heteroatoms. The van der Waals surface area contributed by atoms with Crippen LogP contribution in [0.25, 0.3) is 6.08 Å². The van der Waals surface area contributed by atoms with Gasteiger partial charge in [-0.2, -0.15) is 0 Å². The van der Waals surface area contributed by atoms with Crippen molar-refractivity contribution in [3.8, 4) is 5.75 Å². The molecule has 0 saturated carbocycles. The highest BCUT2D eigenvalue weighted by molar-refractivity contribution is 5.79. The maximum Gasteiger partial charge on any atom is 0.132 e. The van der Waals surface area contributed by atoms with Crippen molar-refractivity contribution in [1.82, 2.24) is 0 Å². The van der Waals surface area contributed by atoms with Gasteiger partial charge in [0.25, 0.3) is 0 Å².